The van der Waals surface area contributed by atoms with Crippen molar-refractivity contribution in [2.75, 3.05) is 19.5 Å². The summed E-state index contributed by atoms with van der Waals surface area (Å²) < 4.78 is 6.79. The van der Waals surface area contributed by atoms with Crippen LogP contribution in [0.15, 0.2) is 5.16 Å². The summed E-state index contributed by atoms with van der Waals surface area (Å²) in [5, 5.41) is 12.4. The Balaban J connectivity index is 2.63. The van der Waals surface area contributed by atoms with Gasteiger partial charge < -0.3 is 4.74 Å². The molecule has 5 nitrogen and oxygen atoms in total. The van der Waals surface area contributed by atoms with Crippen LogP contribution >= 0.6 is 11.8 Å². The van der Waals surface area contributed by atoms with E-state index >= 15 is 0 Å². The molecule has 0 radical (unpaired) electrons. The normalized spacial score (nSPS) is 12.0. The summed E-state index contributed by atoms with van der Waals surface area (Å²) in [6, 6.07) is 0. The smallest absolute Gasteiger partial charge is 0.209 e. The minimum absolute atomic E-state index is 0.0705. The maximum Gasteiger partial charge on any atom is 0.209 e. The van der Waals surface area contributed by atoms with Gasteiger partial charge in [0.15, 0.2) is 0 Å². The van der Waals surface area contributed by atoms with Gasteiger partial charge in [-0.15, -0.1) is 5.10 Å². The summed E-state index contributed by atoms with van der Waals surface area (Å²) in [5.41, 5.74) is -0.0705. The Bertz CT molecular complexity index is 281. The van der Waals surface area contributed by atoms with Crippen molar-refractivity contribution in [3.8, 4) is 0 Å². The highest BCUT2D eigenvalue weighted by atomic mass is 32.2. The number of tetrazole rings is 1. The van der Waals surface area contributed by atoms with E-state index in [4.69, 9.17) is 4.74 Å². The fraction of sp³-hybridized carbons (Fsp3) is 0.875. The van der Waals surface area contributed by atoms with E-state index in [0.717, 1.165) is 10.9 Å². The first-order valence-electron chi connectivity index (χ1n) is 4.46. The average Bonchev–Trinajstić information content (AvgIpc) is 2.52. The lowest BCUT2D eigenvalue weighted by atomic mass is 10.1. The fourth-order valence-electron chi connectivity index (χ4n) is 0.906. The number of methoxy groups -OCH3 is 1. The molecule has 6 heteroatoms. The van der Waals surface area contributed by atoms with E-state index in [1.54, 1.807) is 18.9 Å². The Morgan fingerprint density at radius 1 is 1.43 bits per heavy atom. The van der Waals surface area contributed by atoms with Crippen LogP contribution in [0.5, 0.6) is 0 Å². The molecule has 0 N–H and O–H groups in total. The largest absolute Gasteiger partial charge is 0.384 e. The van der Waals surface area contributed by atoms with Gasteiger partial charge in [0, 0.05) is 12.9 Å². The van der Waals surface area contributed by atoms with E-state index in [0.29, 0.717) is 6.61 Å². The molecule has 1 aromatic rings. The van der Waals surface area contributed by atoms with E-state index in [1.165, 1.54) is 0 Å². The maximum absolute atomic E-state index is 4.97. The number of hydrogen-bond donors (Lipinski definition) is 0. The fourth-order valence-corrected chi connectivity index (χ4v) is 1.87. The van der Waals surface area contributed by atoms with Gasteiger partial charge in [-0.2, -0.15) is 0 Å². The van der Waals surface area contributed by atoms with Crippen molar-refractivity contribution in [3.05, 3.63) is 0 Å². The van der Waals surface area contributed by atoms with Crippen molar-refractivity contribution in [1.29, 1.82) is 0 Å². The van der Waals surface area contributed by atoms with Crippen molar-refractivity contribution in [1.82, 2.24) is 20.2 Å². The number of nitrogens with zero attached hydrogens (tertiary/aromatic N) is 4. The van der Waals surface area contributed by atoms with Crippen molar-refractivity contribution in [2.24, 2.45) is 0 Å². The van der Waals surface area contributed by atoms with E-state index in [-0.39, 0.29) is 5.54 Å². The molecule has 0 unspecified atom stereocenters. The van der Waals surface area contributed by atoms with Gasteiger partial charge in [-0.25, -0.2) is 4.68 Å². The lowest BCUT2D eigenvalue weighted by Crippen LogP contribution is -2.24. The molecule has 0 bridgehead atoms. The third kappa shape index (κ3) is 2.95. The van der Waals surface area contributed by atoms with Crippen LogP contribution in [0.4, 0.5) is 0 Å². The molecule has 0 aliphatic heterocycles. The van der Waals surface area contributed by atoms with Gasteiger partial charge in [0.05, 0.1) is 12.1 Å². The summed E-state index contributed by atoms with van der Waals surface area (Å²) >= 11 is 1.61. The molecule has 1 heterocycles. The van der Waals surface area contributed by atoms with Crippen LogP contribution in [0.25, 0.3) is 0 Å². The predicted octanol–water partition coefficient (Wildman–Crippen LogP) is 1.17. The molecule has 0 aromatic carbocycles. The van der Waals surface area contributed by atoms with Gasteiger partial charge in [-0.3, -0.25) is 0 Å². The monoisotopic (exact) mass is 216 g/mol. The minimum atomic E-state index is -0.0705. The molecular weight excluding hydrogens is 200 g/mol. The summed E-state index contributed by atoms with van der Waals surface area (Å²) in [6.07, 6.45) is 0. The lowest BCUT2D eigenvalue weighted by molar-refractivity contribution is 0.218. The zero-order chi connectivity index (χ0) is 10.6. The summed E-state index contributed by atoms with van der Waals surface area (Å²) in [6.45, 7) is 6.93. The Hall–Kier alpha value is -0.620. The molecule has 0 aliphatic carbocycles. The highest BCUT2D eigenvalue weighted by molar-refractivity contribution is 7.99. The molecule has 0 spiro atoms. The van der Waals surface area contributed by atoms with Gasteiger partial charge in [0.2, 0.25) is 5.16 Å². The second kappa shape index (κ2) is 4.75. The molecule has 0 saturated carbocycles. The van der Waals surface area contributed by atoms with Crippen LogP contribution in [0, 0.1) is 0 Å². The number of rotatable bonds is 4. The minimum Gasteiger partial charge on any atom is -0.384 e. The highest BCUT2D eigenvalue weighted by Crippen LogP contribution is 2.20. The van der Waals surface area contributed by atoms with Gasteiger partial charge in [0.1, 0.15) is 0 Å². The highest BCUT2D eigenvalue weighted by Gasteiger charge is 2.19. The first-order valence-corrected chi connectivity index (χ1v) is 5.45. The summed E-state index contributed by atoms with van der Waals surface area (Å²) in [4.78, 5) is 0. The first-order chi connectivity index (χ1) is 6.55. The molecule has 0 aliphatic rings. The van der Waals surface area contributed by atoms with Gasteiger partial charge in [0.25, 0.3) is 0 Å². The summed E-state index contributed by atoms with van der Waals surface area (Å²) in [5.74, 6) is 0.868. The number of ether oxygens (including phenoxy) is 1. The second-order valence-corrected chi connectivity index (χ2v) is 4.95. The number of hydrogen-bond acceptors (Lipinski definition) is 5. The van der Waals surface area contributed by atoms with Gasteiger partial charge >= 0.3 is 0 Å². The van der Waals surface area contributed by atoms with Crippen LogP contribution < -0.4 is 0 Å². The van der Waals surface area contributed by atoms with Crippen molar-refractivity contribution >= 4 is 11.8 Å². The quantitative estimate of drug-likeness (QED) is 0.558. The first kappa shape index (κ1) is 11.5. The predicted molar refractivity (Wildman–Crippen MR) is 55.4 cm³/mol. The second-order valence-electron chi connectivity index (χ2n) is 3.89. The van der Waals surface area contributed by atoms with Crippen molar-refractivity contribution in [3.63, 3.8) is 0 Å². The zero-order valence-corrected chi connectivity index (χ0v) is 9.84. The molecule has 0 amide bonds. The number of thioether (sulfide) groups is 1. The molecular formula is C8H16N4OS. The zero-order valence-electron chi connectivity index (χ0n) is 9.02. The van der Waals surface area contributed by atoms with E-state index in [9.17, 15) is 0 Å². The lowest BCUT2D eigenvalue weighted by Gasteiger charge is -2.19. The van der Waals surface area contributed by atoms with Crippen LogP contribution in [0.1, 0.15) is 20.8 Å². The summed E-state index contributed by atoms with van der Waals surface area (Å²) in [7, 11) is 1.69. The van der Waals surface area contributed by atoms with E-state index in [1.807, 2.05) is 4.68 Å². The van der Waals surface area contributed by atoms with Gasteiger partial charge in [-0.1, -0.05) is 11.8 Å². The molecule has 0 saturated heterocycles. The van der Waals surface area contributed by atoms with E-state index < -0.39 is 0 Å². The third-order valence-corrected chi connectivity index (χ3v) is 2.48. The molecule has 0 fully saturated rings. The maximum atomic E-state index is 4.97. The SMILES string of the molecule is COCCSc1nnnn1C(C)(C)C. The van der Waals surface area contributed by atoms with Gasteiger partial charge in [-0.05, 0) is 31.2 Å². The Labute approximate surface area is 88.2 Å². The van der Waals surface area contributed by atoms with E-state index in [2.05, 4.69) is 36.3 Å². The van der Waals surface area contributed by atoms with Crippen molar-refractivity contribution in [2.45, 2.75) is 31.5 Å². The Kier molecular flexibility index (Phi) is 3.88. The third-order valence-electron chi connectivity index (χ3n) is 1.59. The topological polar surface area (TPSA) is 52.8 Å². The molecule has 0 atom stereocenters. The molecule has 80 valence electrons. The molecule has 1 aromatic heterocycles. The molecule has 14 heavy (non-hydrogen) atoms. The van der Waals surface area contributed by atoms with Crippen LogP contribution in [-0.2, 0) is 10.3 Å². The van der Waals surface area contributed by atoms with Crippen LogP contribution in [-0.4, -0.2) is 39.7 Å². The Morgan fingerprint density at radius 2 is 2.14 bits per heavy atom. The number of aromatic nitrogens is 4. The standard InChI is InChI=1S/C8H16N4OS/c1-8(2,3)12-7(9-10-11-12)14-6-5-13-4/h5-6H2,1-4H3. The van der Waals surface area contributed by atoms with Crippen molar-refractivity contribution < 1.29 is 4.74 Å². The Morgan fingerprint density at radius 3 is 2.71 bits per heavy atom. The van der Waals surface area contributed by atoms with Crippen LogP contribution in [0.3, 0.4) is 0 Å². The molecule has 1 rings (SSSR count). The average molecular weight is 216 g/mol. The van der Waals surface area contributed by atoms with Crippen LogP contribution in [0.2, 0.25) is 0 Å².